The van der Waals surface area contributed by atoms with Gasteiger partial charge in [0.2, 0.25) is 5.75 Å². The summed E-state index contributed by atoms with van der Waals surface area (Å²) < 4.78 is 46.2. The van der Waals surface area contributed by atoms with Crippen LogP contribution in [0.1, 0.15) is 34.4 Å². The van der Waals surface area contributed by atoms with Gasteiger partial charge in [-0.2, -0.15) is 18.4 Å². The first kappa shape index (κ1) is 22.7. The molecule has 0 bridgehead atoms. The molecule has 3 rings (SSSR count). The maximum absolute atomic E-state index is 13.4. The molecule has 1 aromatic carbocycles. The van der Waals surface area contributed by atoms with Crippen molar-refractivity contribution in [2.45, 2.75) is 19.6 Å². The number of benzene rings is 1. The molecule has 9 nitrogen and oxygen atoms in total. The highest BCUT2D eigenvalue weighted by atomic mass is 35.5. The van der Waals surface area contributed by atoms with Crippen LogP contribution in [0.4, 0.5) is 13.2 Å². The van der Waals surface area contributed by atoms with Crippen molar-refractivity contribution in [2.24, 2.45) is 0 Å². The molecule has 0 unspecified atom stereocenters. The van der Waals surface area contributed by atoms with Crippen molar-refractivity contribution in [3.05, 3.63) is 79.1 Å². The van der Waals surface area contributed by atoms with Crippen LogP contribution in [-0.4, -0.2) is 25.3 Å². The molecule has 0 saturated heterocycles. The predicted molar refractivity (Wildman–Crippen MR) is 104 cm³/mol. The van der Waals surface area contributed by atoms with Crippen LogP contribution in [0.2, 0.25) is 5.02 Å². The molecular weight excluding hydrogens is 455 g/mol. The van der Waals surface area contributed by atoms with E-state index in [1.165, 1.54) is 13.0 Å². The standard InChI is InChI=1S/C19H11ClF3N5O4/c1-9(29)16-25-6-11(17(30)27-16)7-28-8-26-15(19(21,22)23)14(18(28)31)32-13-3-10(5-24)2-12(20)4-13/h2-4,6,8H,7H2,1H3,(H,25,27,30). The summed E-state index contributed by atoms with van der Waals surface area (Å²) in [4.78, 5) is 45.4. The van der Waals surface area contributed by atoms with E-state index in [1.807, 2.05) is 0 Å². The smallest absolute Gasteiger partial charge is 0.437 e. The Kier molecular flexibility index (Phi) is 6.13. The maximum atomic E-state index is 13.4. The van der Waals surface area contributed by atoms with Crippen LogP contribution in [0.15, 0.2) is 40.3 Å². The van der Waals surface area contributed by atoms with Crippen molar-refractivity contribution in [2.75, 3.05) is 0 Å². The topological polar surface area (TPSA) is 131 Å². The highest BCUT2D eigenvalue weighted by Gasteiger charge is 2.38. The quantitative estimate of drug-likeness (QED) is 0.573. The van der Waals surface area contributed by atoms with E-state index in [0.29, 0.717) is 10.9 Å². The van der Waals surface area contributed by atoms with Gasteiger partial charge in [0.1, 0.15) is 5.75 Å². The molecule has 0 aliphatic carbocycles. The number of aromatic amines is 1. The van der Waals surface area contributed by atoms with Crippen LogP contribution >= 0.6 is 11.6 Å². The number of ether oxygens (including phenoxy) is 1. The first-order valence-corrected chi connectivity index (χ1v) is 9.01. The lowest BCUT2D eigenvalue weighted by atomic mass is 10.2. The van der Waals surface area contributed by atoms with Crippen molar-refractivity contribution >= 4 is 17.4 Å². The largest absolute Gasteiger partial charge is 0.449 e. The van der Waals surface area contributed by atoms with Gasteiger partial charge in [0.05, 0.1) is 30.1 Å². The fourth-order valence-electron chi connectivity index (χ4n) is 2.58. The first-order chi connectivity index (χ1) is 15.0. The van der Waals surface area contributed by atoms with E-state index in [4.69, 9.17) is 21.6 Å². The molecule has 32 heavy (non-hydrogen) atoms. The minimum absolute atomic E-state index is 0.00000572. The average molecular weight is 466 g/mol. The highest BCUT2D eigenvalue weighted by Crippen LogP contribution is 2.35. The fourth-order valence-corrected chi connectivity index (χ4v) is 2.80. The second-order valence-corrected chi connectivity index (χ2v) is 6.82. The molecule has 0 aliphatic rings. The number of nitrogens with one attached hydrogen (secondary N) is 1. The number of halogens is 4. The van der Waals surface area contributed by atoms with Crippen molar-refractivity contribution in [3.63, 3.8) is 0 Å². The molecule has 2 heterocycles. The van der Waals surface area contributed by atoms with Gasteiger partial charge in [-0.05, 0) is 18.2 Å². The zero-order valence-corrected chi connectivity index (χ0v) is 16.8. The van der Waals surface area contributed by atoms with Crippen LogP contribution in [0.25, 0.3) is 0 Å². The summed E-state index contributed by atoms with van der Waals surface area (Å²) in [6.45, 7) is 0.680. The number of hydrogen-bond donors (Lipinski definition) is 1. The Hall–Kier alpha value is -3.98. The molecule has 0 aliphatic heterocycles. The molecular formula is C19H11ClF3N5O4. The lowest BCUT2D eigenvalue weighted by Crippen LogP contribution is -2.29. The Bertz CT molecular complexity index is 1380. The van der Waals surface area contributed by atoms with Gasteiger partial charge >= 0.3 is 6.18 Å². The van der Waals surface area contributed by atoms with Gasteiger partial charge in [-0.25, -0.2) is 9.97 Å². The first-order valence-electron chi connectivity index (χ1n) is 8.64. The highest BCUT2D eigenvalue weighted by molar-refractivity contribution is 6.30. The van der Waals surface area contributed by atoms with Gasteiger partial charge in [0.25, 0.3) is 11.1 Å². The molecule has 2 aromatic heterocycles. The molecule has 0 atom stereocenters. The predicted octanol–water partition coefficient (Wildman–Crippen LogP) is 2.91. The Morgan fingerprint density at radius 3 is 2.59 bits per heavy atom. The van der Waals surface area contributed by atoms with Crippen LogP contribution in [0.5, 0.6) is 11.5 Å². The summed E-state index contributed by atoms with van der Waals surface area (Å²) >= 11 is 5.83. The number of Topliss-reactive ketones (excluding diaryl/α,β-unsaturated/α-hetero) is 1. The summed E-state index contributed by atoms with van der Waals surface area (Å²) in [6, 6.07) is 5.23. The molecule has 0 fully saturated rings. The normalized spacial score (nSPS) is 11.1. The van der Waals surface area contributed by atoms with E-state index in [0.717, 1.165) is 18.3 Å². The molecule has 0 spiro atoms. The average Bonchev–Trinajstić information content (AvgIpc) is 2.70. The SMILES string of the molecule is CC(=O)c1ncc(Cn2cnc(C(F)(F)F)c(Oc3cc(Cl)cc(C#N)c3)c2=O)c(=O)[nH]1. The van der Waals surface area contributed by atoms with Crippen molar-refractivity contribution < 1.29 is 22.7 Å². The van der Waals surface area contributed by atoms with E-state index >= 15 is 0 Å². The number of rotatable bonds is 5. The fraction of sp³-hybridized carbons (Fsp3) is 0.158. The lowest BCUT2D eigenvalue weighted by molar-refractivity contribution is -0.142. The van der Waals surface area contributed by atoms with Crippen molar-refractivity contribution in [1.82, 2.24) is 19.5 Å². The Morgan fingerprint density at radius 1 is 1.28 bits per heavy atom. The zero-order valence-electron chi connectivity index (χ0n) is 16.0. The minimum atomic E-state index is -5.04. The van der Waals surface area contributed by atoms with E-state index in [1.54, 1.807) is 6.07 Å². The molecule has 0 radical (unpaired) electrons. The number of alkyl halides is 3. The third-order valence-electron chi connectivity index (χ3n) is 4.03. The third kappa shape index (κ3) is 4.84. The van der Waals surface area contributed by atoms with Gasteiger partial charge in [0, 0.05) is 18.1 Å². The van der Waals surface area contributed by atoms with E-state index in [9.17, 15) is 27.6 Å². The molecule has 0 amide bonds. The van der Waals surface area contributed by atoms with Crippen molar-refractivity contribution in [1.29, 1.82) is 5.26 Å². The molecule has 1 N–H and O–H groups in total. The van der Waals surface area contributed by atoms with Gasteiger partial charge < -0.3 is 9.72 Å². The molecule has 164 valence electrons. The number of hydrogen-bond acceptors (Lipinski definition) is 7. The number of aromatic nitrogens is 4. The summed E-state index contributed by atoms with van der Waals surface area (Å²) in [5.41, 5.74) is -3.72. The van der Waals surface area contributed by atoms with Gasteiger partial charge in [-0.3, -0.25) is 19.0 Å². The Balaban J connectivity index is 2.09. The second kappa shape index (κ2) is 8.64. The summed E-state index contributed by atoms with van der Waals surface area (Å²) in [6.07, 6.45) is -3.40. The Morgan fingerprint density at radius 2 is 2.00 bits per heavy atom. The molecule has 13 heteroatoms. The van der Waals surface area contributed by atoms with E-state index in [2.05, 4.69) is 15.0 Å². The number of carbonyl (C=O) groups excluding carboxylic acids is 1. The summed E-state index contributed by atoms with van der Waals surface area (Å²) in [5, 5.41) is 9.00. The van der Waals surface area contributed by atoms with Gasteiger partial charge in [-0.15, -0.1) is 0 Å². The minimum Gasteiger partial charge on any atom is -0.449 e. The van der Waals surface area contributed by atoms with Crippen LogP contribution in [0.3, 0.4) is 0 Å². The number of H-pyrrole nitrogens is 1. The molecule has 3 aromatic rings. The van der Waals surface area contributed by atoms with Crippen LogP contribution in [-0.2, 0) is 12.7 Å². The monoisotopic (exact) mass is 465 g/mol. The van der Waals surface area contributed by atoms with Gasteiger partial charge in [-0.1, -0.05) is 11.6 Å². The Labute approximate surface area is 181 Å². The summed E-state index contributed by atoms with van der Waals surface area (Å²) in [5.74, 6) is -2.18. The van der Waals surface area contributed by atoms with Crippen LogP contribution < -0.4 is 15.9 Å². The summed E-state index contributed by atoms with van der Waals surface area (Å²) in [7, 11) is 0. The lowest BCUT2D eigenvalue weighted by Gasteiger charge is -2.14. The van der Waals surface area contributed by atoms with E-state index in [-0.39, 0.29) is 27.7 Å². The number of ketones is 1. The molecule has 0 saturated carbocycles. The number of nitrogens with zero attached hydrogens (tertiary/aromatic N) is 4. The zero-order chi connectivity index (χ0) is 23.6. The van der Waals surface area contributed by atoms with Crippen molar-refractivity contribution in [3.8, 4) is 17.6 Å². The second-order valence-electron chi connectivity index (χ2n) is 6.38. The van der Waals surface area contributed by atoms with E-state index < -0.39 is 41.1 Å². The number of nitriles is 1. The van der Waals surface area contributed by atoms with Crippen LogP contribution in [0, 0.1) is 11.3 Å². The number of carbonyl (C=O) groups is 1. The maximum Gasteiger partial charge on any atom is 0.437 e. The third-order valence-corrected chi connectivity index (χ3v) is 4.25. The van der Waals surface area contributed by atoms with Gasteiger partial charge in [0.15, 0.2) is 17.3 Å².